The van der Waals surface area contributed by atoms with Crippen molar-refractivity contribution in [1.29, 1.82) is 0 Å². The molecule has 4 aromatic rings. The van der Waals surface area contributed by atoms with E-state index in [1.165, 1.54) is 6.21 Å². The molecule has 0 fully saturated rings. The second-order valence-corrected chi connectivity index (χ2v) is 5.29. The van der Waals surface area contributed by atoms with Crippen LogP contribution in [0.15, 0.2) is 76.5 Å². The van der Waals surface area contributed by atoms with Crippen molar-refractivity contribution in [2.45, 2.75) is 0 Å². The van der Waals surface area contributed by atoms with Gasteiger partial charge in [0.25, 0.3) is 0 Å². The molecular formula is C19H13N3O2. The molecule has 1 N–H and O–H groups in total. The van der Waals surface area contributed by atoms with Gasteiger partial charge < -0.3 is 4.42 Å². The van der Waals surface area contributed by atoms with Crippen LogP contribution < -0.4 is 5.43 Å². The lowest BCUT2D eigenvalue weighted by Crippen LogP contribution is -2.16. The van der Waals surface area contributed by atoms with E-state index in [1.54, 1.807) is 24.5 Å². The number of rotatable bonds is 3. The molecule has 116 valence electrons. The van der Waals surface area contributed by atoms with E-state index < -0.39 is 5.91 Å². The van der Waals surface area contributed by atoms with Gasteiger partial charge in [-0.05, 0) is 29.0 Å². The predicted molar refractivity (Wildman–Crippen MR) is 93.0 cm³/mol. The van der Waals surface area contributed by atoms with Gasteiger partial charge in [0, 0.05) is 23.3 Å². The minimum Gasteiger partial charge on any atom is -0.451 e. The third kappa shape index (κ3) is 2.63. The van der Waals surface area contributed by atoms with Crippen molar-refractivity contribution in [1.82, 2.24) is 10.4 Å². The Morgan fingerprint density at radius 2 is 2.00 bits per heavy atom. The highest BCUT2D eigenvalue weighted by atomic mass is 16.3. The largest absolute Gasteiger partial charge is 0.451 e. The minimum absolute atomic E-state index is 0.227. The third-order valence-electron chi connectivity index (χ3n) is 3.71. The maximum Gasteiger partial charge on any atom is 0.307 e. The molecule has 0 unspecified atom stereocenters. The van der Waals surface area contributed by atoms with Gasteiger partial charge in [-0.3, -0.25) is 9.78 Å². The van der Waals surface area contributed by atoms with Crippen LogP contribution in [0.1, 0.15) is 16.1 Å². The Bertz CT molecular complexity index is 1050. The summed E-state index contributed by atoms with van der Waals surface area (Å²) in [5, 5.41) is 6.99. The van der Waals surface area contributed by atoms with Gasteiger partial charge in [-0.1, -0.05) is 36.4 Å². The van der Waals surface area contributed by atoms with E-state index in [0.29, 0.717) is 5.58 Å². The Morgan fingerprint density at radius 1 is 1.08 bits per heavy atom. The van der Waals surface area contributed by atoms with Gasteiger partial charge in [-0.15, -0.1) is 0 Å². The number of nitrogens with zero attached hydrogens (tertiary/aromatic N) is 2. The van der Waals surface area contributed by atoms with E-state index in [4.69, 9.17) is 4.42 Å². The Labute approximate surface area is 137 Å². The first-order chi connectivity index (χ1) is 11.8. The second kappa shape index (κ2) is 5.96. The molecule has 2 aromatic heterocycles. The topological polar surface area (TPSA) is 67.5 Å². The van der Waals surface area contributed by atoms with Crippen molar-refractivity contribution in [3.8, 4) is 0 Å². The zero-order valence-corrected chi connectivity index (χ0v) is 12.6. The van der Waals surface area contributed by atoms with Gasteiger partial charge in [0.2, 0.25) is 0 Å². The molecule has 5 nitrogen and oxygen atoms in total. The van der Waals surface area contributed by atoms with Crippen LogP contribution >= 0.6 is 0 Å². The summed E-state index contributed by atoms with van der Waals surface area (Å²) in [5.41, 5.74) is 3.94. The van der Waals surface area contributed by atoms with Gasteiger partial charge in [-0.25, -0.2) is 5.43 Å². The molecule has 0 aliphatic rings. The number of benzene rings is 2. The molecule has 0 atom stereocenters. The van der Waals surface area contributed by atoms with Gasteiger partial charge >= 0.3 is 5.91 Å². The molecule has 0 saturated heterocycles. The second-order valence-electron chi connectivity index (χ2n) is 5.29. The SMILES string of the molecule is O=C(N/N=C\c1cccnc1)c1cc2c(ccc3ccccc32)o1. The van der Waals surface area contributed by atoms with Crippen LogP contribution in [0.3, 0.4) is 0 Å². The fourth-order valence-corrected chi connectivity index (χ4v) is 2.58. The number of pyridine rings is 1. The Kier molecular flexibility index (Phi) is 3.51. The molecule has 0 saturated carbocycles. The van der Waals surface area contributed by atoms with Crippen molar-refractivity contribution in [2.75, 3.05) is 0 Å². The number of amides is 1. The molecule has 4 rings (SSSR count). The first kappa shape index (κ1) is 14.1. The van der Waals surface area contributed by atoms with Gasteiger partial charge in [-0.2, -0.15) is 5.10 Å². The number of carbonyl (C=O) groups excluding carboxylic acids is 1. The molecule has 0 aliphatic carbocycles. The van der Waals surface area contributed by atoms with Crippen molar-refractivity contribution < 1.29 is 9.21 Å². The third-order valence-corrected chi connectivity index (χ3v) is 3.71. The number of carbonyl (C=O) groups is 1. The average molecular weight is 315 g/mol. The number of hydrazone groups is 1. The molecule has 24 heavy (non-hydrogen) atoms. The van der Waals surface area contributed by atoms with E-state index in [9.17, 15) is 4.79 Å². The van der Waals surface area contributed by atoms with Crippen LogP contribution in [0, 0.1) is 0 Å². The highest BCUT2D eigenvalue weighted by Gasteiger charge is 2.13. The zero-order chi connectivity index (χ0) is 16.4. The van der Waals surface area contributed by atoms with Crippen LogP contribution in [0.2, 0.25) is 0 Å². The first-order valence-electron chi connectivity index (χ1n) is 7.46. The molecule has 5 heteroatoms. The molecule has 0 radical (unpaired) electrons. The highest BCUT2D eigenvalue weighted by molar-refractivity contribution is 6.08. The van der Waals surface area contributed by atoms with Gasteiger partial charge in [0.15, 0.2) is 5.76 Å². The lowest BCUT2D eigenvalue weighted by atomic mass is 10.1. The number of furan rings is 1. The molecule has 2 aromatic carbocycles. The lowest BCUT2D eigenvalue weighted by molar-refractivity contribution is 0.0929. The summed E-state index contributed by atoms with van der Waals surface area (Å²) >= 11 is 0. The summed E-state index contributed by atoms with van der Waals surface area (Å²) in [6.07, 6.45) is 4.86. The molecule has 2 heterocycles. The molecular weight excluding hydrogens is 302 g/mol. The molecule has 0 bridgehead atoms. The number of hydrogen-bond donors (Lipinski definition) is 1. The fourth-order valence-electron chi connectivity index (χ4n) is 2.58. The van der Waals surface area contributed by atoms with Gasteiger partial charge in [0.05, 0.1) is 6.21 Å². The lowest BCUT2D eigenvalue weighted by Gasteiger charge is -1.96. The Morgan fingerprint density at radius 3 is 2.88 bits per heavy atom. The van der Waals surface area contributed by atoms with Crippen molar-refractivity contribution >= 4 is 33.9 Å². The van der Waals surface area contributed by atoms with Crippen LogP contribution in [0.4, 0.5) is 0 Å². The van der Waals surface area contributed by atoms with Crippen molar-refractivity contribution in [3.05, 3.63) is 78.3 Å². The Balaban J connectivity index is 1.60. The van der Waals surface area contributed by atoms with Crippen LogP contribution in [0.25, 0.3) is 21.7 Å². The summed E-state index contributed by atoms with van der Waals surface area (Å²) in [6, 6.07) is 17.2. The number of aromatic nitrogens is 1. The quantitative estimate of drug-likeness (QED) is 0.462. The van der Waals surface area contributed by atoms with Crippen molar-refractivity contribution in [3.63, 3.8) is 0 Å². The number of nitrogens with one attached hydrogen (secondary N) is 1. The fraction of sp³-hybridized carbons (Fsp3) is 0. The number of hydrogen-bond acceptors (Lipinski definition) is 4. The normalized spacial score (nSPS) is 11.3. The van der Waals surface area contributed by atoms with E-state index in [-0.39, 0.29) is 5.76 Å². The van der Waals surface area contributed by atoms with E-state index in [2.05, 4.69) is 15.5 Å². The van der Waals surface area contributed by atoms with E-state index in [1.807, 2.05) is 42.5 Å². The summed E-state index contributed by atoms with van der Waals surface area (Å²) in [7, 11) is 0. The van der Waals surface area contributed by atoms with Gasteiger partial charge in [0.1, 0.15) is 5.58 Å². The standard InChI is InChI=1S/C19H13N3O2/c23-19(22-21-12-13-4-3-9-20-11-13)18-10-16-15-6-2-1-5-14(15)7-8-17(16)24-18/h1-12H,(H,22,23)/b21-12-. The highest BCUT2D eigenvalue weighted by Crippen LogP contribution is 2.28. The maximum atomic E-state index is 12.2. The van der Waals surface area contributed by atoms with Crippen LogP contribution in [-0.2, 0) is 0 Å². The molecule has 0 spiro atoms. The van der Waals surface area contributed by atoms with Crippen LogP contribution in [0.5, 0.6) is 0 Å². The van der Waals surface area contributed by atoms with Crippen LogP contribution in [-0.4, -0.2) is 17.1 Å². The first-order valence-corrected chi connectivity index (χ1v) is 7.46. The van der Waals surface area contributed by atoms with Crippen molar-refractivity contribution in [2.24, 2.45) is 5.10 Å². The minimum atomic E-state index is -0.393. The molecule has 1 amide bonds. The number of fused-ring (bicyclic) bond motifs is 3. The maximum absolute atomic E-state index is 12.2. The zero-order valence-electron chi connectivity index (χ0n) is 12.6. The predicted octanol–water partition coefficient (Wildman–Crippen LogP) is 3.74. The molecule has 0 aliphatic heterocycles. The van der Waals surface area contributed by atoms with E-state index in [0.717, 1.165) is 21.7 Å². The average Bonchev–Trinajstić information content (AvgIpc) is 3.07. The van der Waals surface area contributed by atoms with E-state index >= 15 is 0 Å². The summed E-state index contributed by atoms with van der Waals surface area (Å²) in [6.45, 7) is 0. The monoisotopic (exact) mass is 315 g/mol. The summed E-state index contributed by atoms with van der Waals surface area (Å²) in [5.74, 6) is -0.167. The summed E-state index contributed by atoms with van der Waals surface area (Å²) in [4.78, 5) is 16.2. The summed E-state index contributed by atoms with van der Waals surface area (Å²) < 4.78 is 5.64. The smallest absolute Gasteiger partial charge is 0.307 e. The Hall–Kier alpha value is -3.47.